The fourth-order valence-corrected chi connectivity index (χ4v) is 2.74. The normalized spacial score (nSPS) is 14.4. The summed E-state index contributed by atoms with van der Waals surface area (Å²) >= 11 is 1.80. The highest BCUT2D eigenvalue weighted by Gasteiger charge is 2.13. The first-order valence-electron chi connectivity index (χ1n) is 6.60. The summed E-state index contributed by atoms with van der Waals surface area (Å²) < 4.78 is 5.34. The first-order chi connectivity index (χ1) is 9.36. The molecule has 1 aliphatic heterocycles. The van der Waals surface area contributed by atoms with Crippen LogP contribution < -0.4 is 5.32 Å². The van der Waals surface area contributed by atoms with Gasteiger partial charge >= 0.3 is 0 Å². The number of nitrogens with zero attached hydrogens (tertiary/aromatic N) is 2. The maximum atomic E-state index is 5.34. The molecule has 0 atom stereocenters. The van der Waals surface area contributed by atoms with E-state index in [0.29, 0.717) is 5.89 Å². The lowest BCUT2D eigenvalue weighted by molar-refractivity contribution is 0.425. The maximum absolute atomic E-state index is 5.34. The van der Waals surface area contributed by atoms with E-state index in [1.165, 1.54) is 11.1 Å². The molecule has 3 rings (SSSR count). The molecule has 2 aromatic rings. The van der Waals surface area contributed by atoms with Crippen molar-refractivity contribution in [3.63, 3.8) is 0 Å². The summed E-state index contributed by atoms with van der Waals surface area (Å²) in [5.41, 5.74) is 3.78. The van der Waals surface area contributed by atoms with E-state index in [1.807, 2.05) is 0 Å². The zero-order chi connectivity index (χ0) is 13.1. The van der Waals surface area contributed by atoms with Crippen molar-refractivity contribution >= 4 is 11.8 Å². The van der Waals surface area contributed by atoms with Gasteiger partial charge in [-0.3, -0.25) is 0 Å². The number of hydrogen-bond donors (Lipinski definition) is 1. The summed E-state index contributed by atoms with van der Waals surface area (Å²) in [5.74, 6) is 3.28. The van der Waals surface area contributed by atoms with E-state index in [4.69, 9.17) is 4.52 Å². The van der Waals surface area contributed by atoms with Crippen molar-refractivity contribution in [1.82, 2.24) is 15.5 Å². The number of rotatable bonds is 4. The topological polar surface area (TPSA) is 51.0 Å². The Morgan fingerprint density at radius 1 is 1.37 bits per heavy atom. The van der Waals surface area contributed by atoms with Crippen LogP contribution in [0.3, 0.4) is 0 Å². The predicted molar refractivity (Wildman–Crippen MR) is 77.0 cm³/mol. The number of aromatic nitrogens is 2. The van der Waals surface area contributed by atoms with Gasteiger partial charge in [0.15, 0.2) is 5.82 Å². The molecule has 2 heterocycles. The predicted octanol–water partition coefficient (Wildman–Crippen LogP) is 2.64. The molecule has 4 nitrogen and oxygen atoms in total. The molecule has 1 aliphatic rings. The number of thioether (sulfide) groups is 1. The van der Waals surface area contributed by atoms with Crippen LogP contribution in [0.2, 0.25) is 0 Å². The summed E-state index contributed by atoms with van der Waals surface area (Å²) in [6, 6.07) is 6.41. The second-order valence-electron chi connectivity index (χ2n) is 4.56. The minimum atomic E-state index is 0.625. The first kappa shape index (κ1) is 12.7. The second-order valence-corrected chi connectivity index (χ2v) is 5.84. The second kappa shape index (κ2) is 5.75. The molecule has 0 fully saturated rings. The maximum Gasteiger partial charge on any atom is 0.257 e. The molecule has 0 saturated carbocycles. The van der Waals surface area contributed by atoms with E-state index in [1.54, 1.807) is 11.8 Å². The standard InChI is InChI=1S/C14H17N3OS/c1-2-19-9-13-16-14(18-17-13)11-4-3-10-5-6-15-8-12(10)7-11/h3-4,7,15H,2,5-6,8-9H2,1H3. The van der Waals surface area contributed by atoms with Crippen LogP contribution in [0.4, 0.5) is 0 Å². The van der Waals surface area contributed by atoms with Crippen molar-refractivity contribution in [2.75, 3.05) is 12.3 Å². The zero-order valence-electron chi connectivity index (χ0n) is 11.0. The van der Waals surface area contributed by atoms with Crippen LogP contribution in [0.5, 0.6) is 0 Å². The average molecular weight is 275 g/mol. The molecule has 0 spiro atoms. The quantitative estimate of drug-likeness (QED) is 0.929. The summed E-state index contributed by atoms with van der Waals surface area (Å²) in [6.07, 6.45) is 1.10. The molecule has 0 bridgehead atoms. The van der Waals surface area contributed by atoms with Gasteiger partial charge in [-0.15, -0.1) is 0 Å². The molecular formula is C14H17N3OS. The van der Waals surface area contributed by atoms with Crippen molar-refractivity contribution in [2.45, 2.75) is 25.6 Å². The largest absolute Gasteiger partial charge is 0.334 e. The summed E-state index contributed by atoms with van der Waals surface area (Å²) in [5, 5.41) is 7.40. The average Bonchev–Trinajstić information content (AvgIpc) is 2.93. The van der Waals surface area contributed by atoms with Gasteiger partial charge in [0.05, 0.1) is 5.75 Å². The van der Waals surface area contributed by atoms with E-state index in [0.717, 1.165) is 42.4 Å². The lowest BCUT2D eigenvalue weighted by atomic mass is 9.98. The van der Waals surface area contributed by atoms with Gasteiger partial charge in [0, 0.05) is 12.1 Å². The molecule has 0 saturated heterocycles. The molecule has 0 aliphatic carbocycles. The Bertz CT molecular complexity index is 568. The van der Waals surface area contributed by atoms with Crippen molar-refractivity contribution in [1.29, 1.82) is 0 Å². The van der Waals surface area contributed by atoms with Crippen LogP contribution in [-0.2, 0) is 18.7 Å². The molecule has 1 aromatic heterocycles. The molecule has 19 heavy (non-hydrogen) atoms. The first-order valence-corrected chi connectivity index (χ1v) is 7.75. The molecule has 0 amide bonds. The van der Waals surface area contributed by atoms with Gasteiger partial charge in [-0.1, -0.05) is 18.1 Å². The van der Waals surface area contributed by atoms with E-state index < -0.39 is 0 Å². The van der Waals surface area contributed by atoms with Gasteiger partial charge in [0.2, 0.25) is 0 Å². The molecule has 0 radical (unpaired) electrons. The van der Waals surface area contributed by atoms with Gasteiger partial charge in [0.1, 0.15) is 0 Å². The van der Waals surface area contributed by atoms with Crippen LogP contribution in [0.1, 0.15) is 23.9 Å². The molecule has 5 heteroatoms. The Hall–Kier alpha value is -1.33. The van der Waals surface area contributed by atoms with Crippen molar-refractivity contribution < 1.29 is 4.52 Å². The van der Waals surface area contributed by atoms with E-state index in [2.05, 4.69) is 40.6 Å². The lowest BCUT2D eigenvalue weighted by Gasteiger charge is -2.16. The molecule has 0 unspecified atom stereocenters. The van der Waals surface area contributed by atoms with Crippen molar-refractivity contribution in [3.8, 4) is 11.5 Å². The molecule has 100 valence electrons. The Morgan fingerprint density at radius 2 is 2.32 bits per heavy atom. The third-order valence-corrected chi connectivity index (χ3v) is 4.11. The van der Waals surface area contributed by atoms with Crippen molar-refractivity contribution in [3.05, 3.63) is 35.2 Å². The van der Waals surface area contributed by atoms with Gasteiger partial charge in [-0.05, 0) is 42.0 Å². The number of hydrogen-bond acceptors (Lipinski definition) is 5. The Morgan fingerprint density at radius 3 is 3.21 bits per heavy atom. The molecule has 1 aromatic carbocycles. The Kier molecular flexibility index (Phi) is 3.84. The van der Waals surface area contributed by atoms with Gasteiger partial charge in [-0.25, -0.2) is 0 Å². The van der Waals surface area contributed by atoms with Gasteiger partial charge < -0.3 is 9.84 Å². The van der Waals surface area contributed by atoms with Crippen LogP contribution in [0.25, 0.3) is 11.5 Å². The van der Waals surface area contributed by atoms with Gasteiger partial charge in [0.25, 0.3) is 5.89 Å². The summed E-state index contributed by atoms with van der Waals surface area (Å²) in [6.45, 7) is 4.11. The molecular weight excluding hydrogens is 258 g/mol. The summed E-state index contributed by atoms with van der Waals surface area (Å²) in [7, 11) is 0. The SMILES string of the molecule is CCSCc1noc(-c2ccc3c(c2)CNCC3)n1. The minimum absolute atomic E-state index is 0.625. The Labute approximate surface area is 117 Å². The number of benzene rings is 1. The van der Waals surface area contributed by atoms with Gasteiger partial charge in [-0.2, -0.15) is 16.7 Å². The van der Waals surface area contributed by atoms with Crippen molar-refractivity contribution in [2.24, 2.45) is 0 Å². The summed E-state index contributed by atoms with van der Waals surface area (Å²) in [4.78, 5) is 4.45. The zero-order valence-corrected chi connectivity index (χ0v) is 11.8. The monoisotopic (exact) mass is 275 g/mol. The highest BCUT2D eigenvalue weighted by Crippen LogP contribution is 2.23. The third-order valence-electron chi connectivity index (χ3n) is 3.24. The van der Waals surface area contributed by atoms with E-state index in [9.17, 15) is 0 Å². The smallest absolute Gasteiger partial charge is 0.257 e. The molecule has 1 N–H and O–H groups in total. The van der Waals surface area contributed by atoms with Crippen LogP contribution >= 0.6 is 11.8 Å². The van der Waals surface area contributed by atoms with E-state index in [-0.39, 0.29) is 0 Å². The fraction of sp³-hybridized carbons (Fsp3) is 0.429. The van der Waals surface area contributed by atoms with Crippen LogP contribution in [0.15, 0.2) is 22.7 Å². The van der Waals surface area contributed by atoms with Crippen LogP contribution in [-0.4, -0.2) is 22.4 Å². The lowest BCUT2D eigenvalue weighted by Crippen LogP contribution is -2.23. The Balaban J connectivity index is 1.83. The highest BCUT2D eigenvalue weighted by molar-refractivity contribution is 7.98. The van der Waals surface area contributed by atoms with Crippen LogP contribution in [0, 0.1) is 0 Å². The minimum Gasteiger partial charge on any atom is -0.334 e. The highest BCUT2D eigenvalue weighted by atomic mass is 32.2. The third kappa shape index (κ3) is 2.82. The number of nitrogens with one attached hydrogen (secondary N) is 1. The van der Waals surface area contributed by atoms with E-state index >= 15 is 0 Å². The number of fused-ring (bicyclic) bond motifs is 1. The fourth-order valence-electron chi connectivity index (χ4n) is 2.24.